The Balaban J connectivity index is 2.86. The molecule has 0 bridgehead atoms. The number of allylic oxidation sites excluding steroid dienone is 5. The molecule has 2 nitrogen and oxygen atoms in total. The second-order valence-electron chi connectivity index (χ2n) is 4.00. The molecule has 0 atom stereocenters. The van der Waals surface area contributed by atoms with Gasteiger partial charge < -0.3 is 0 Å². The van der Waals surface area contributed by atoms with Crippen LogP contribution in [-0.4, -0.2) is 5.71 Å². The summed E-state index contributed by atoms with van der Waals surface area (Å²) < 4.78 is 0. The molecule has 15 heavy (non-hydrogen) atoms. The molecule has 0 fully saturated rings. The summed E-state index contributed by atoms with van der Waals surface area (Å²) in [6, 6.07) is 2.18. The first-order valence-corrected chi connectivity index (χ1v) is 5.10. The Kier molecular flexibility index (Phi) is 3.62. The highest BCUT2D eigenvalue weighted by Crippen LogP contribution is 2.19. The van der Waals surface area contributed by atoms with Crippen molar-refractivity contribution in [2.75, 3.05) is 0 Å². The Labute approximate surface area is 91.3 Å². The van der Waals surface area contributed by atoms with Gasteiger partial charge in [-0.1, -0.05) is 26.5 Å². The summed E-state index contributed by atoms with van der Waals surface area (Å²) in [6.45, 7) is 9.96. The van der Waals surface area contributed by atoms with Crippen molar-refractivity contribution < 1.29 is 0 Å². The van der Waals surface area contributed by atoms with Crippen LogP contribution < -0.4 is 0 Å². The van der Waals surface area contributed by atoms with Crippen LogP contribution in [0.15, 0.2) is 40.6 Å². The summed E-state index contributed by atoms with van der Waals surface area (Å²) in [5.74, 6) is 0.298. The standard InChI is InChI=1S/C13H16N2/c1-9(2)11(4)12(8-14)7-13-6-5-10(3)15-13/h5,7,9H,4,6H2,1-3H3/b12-7+. The molecule has 0 aliphatic carbocycles. The van der Waals surface area contributed by atoms with Crippen molar-refractivity contribution in [3.05, 3.63) is 35.6 Å². The first-order valence-electron chi connectivity index (χ1n) is 5.10. The zero-order chi connectivity index (χ0) is 11.4. The van der Waals surface area contributed by atoms with E-state index in [4.69, 9.17) is 5.26 Å². The van der Waals surface area contributed by atoms with Crippen molar-refractivity contribution in [1.82, 2.24) is 0 Å². The maximum Gasteiger partial charge on any atom is 0.0995 e. The monoisotopic (exact) mass is 200 g/mol. The van der Waals surface area contributed by atoms with Crippen LogP contribution in [0.5, 0.6) is 0 Å². The van der Waals surface area contributed by atoms with Crippen molar-refractivity contribution >= 4 is 5.71 Å². The van der Waals surface area contributed by atoms with Crippen molar-refractivity contribution in [3.8, 4) is 6.07 Å². The molecule has 0 radical (unpaired) electrons. The van der Waals surface area contributed by atoms with Gasteiger partial charge in [-0.05, 0) is 24.5 Å². The fourth-order valence-corrected chi connectivity index (χ4v) is 1.34. The first kappa shape index (κ1) is 11.5. The molecule has 1 aliphatic heterocycles. The van der Waals surface area contributed by atoms with Crippen LogP contribution in [0.2, 0.25) is 0 Å². The number of hydrogen-bond donors (Lipinski definition) is 0. The van der Waals surface area contributed by atoms with Gasteiger partial charge in [-0.2, -0.15) is 5.26 Å². The Morgan fingerprint density at radius 2 is 2.33 bits per heavy atom. The molecular weight excluding hydrogens is 184 g/mol. The summed E-state index contributed by atoms with van der Waals surface area (Å²) in [6.07, 6.45) is 4.72. The molecule has 0 aromatic rings. The maximum absolute atomic E-state index is 9.02. The van der Waals surface area contributed by atoms with E-state index in [2.05, 4.69) is 23.7 Å². The van der Waals surface area contributed by atoms with Gasteiger partial charge in [0.1, 0.15) is 0 Å². The van der Waals surface area contributed by atoms with Crippen molar-refractivity contribution in [1.29, 1.82) is 5.26 Å². The molecular formula is C13H16N2. The van der Waals surface area contributed by atoms with Crippen LogP contribution in [0.3, 0.4) is 0 Å². The SMILES string of the molecule is C=C(/C(C#N)=C/C1=NC(C)=CC1)C(C)C. The highest BCUT2D eigenvalue weighted by atomic mass is 14.8. The molecule has 0 saturated carbocycles. The second-order valence-corrected chi connectivity index (χ2v) is 4.00. The Morgan fingerprint density at radius 1 is 1.67 bits per heavy atom. The van der Waals surface area contributed by atoms with Gasteiger partial charge in [0.15, 0.2) is 0 Å². The van der Waals surface area contributed by atoms with Gasteiger partial charge >= 0.3 is 0 Å². The van der Waals surface area contributed by atoms with Gasteiger partial charge in [0.2, 0.25) is 0 Å². The van der Waals surface area contributed by atoms with Crippen LogP contribution in [0.1, 0.15) is 27.2 Å². The Hall–Kier alpha value is -1.62. The topological polar surface area (TPSA) is 36.1 Å². The van der Waals surface area contributed by atoms with E-state index >= 15 is 0 Å². The highest BCUT2D eigenvalue weighted by molar-refractivity contribution is 5.99. The van der Waals surface area contributed by atoms with Gasteiger partial charge in [0, 0.05) is 17.8 Å². The van der Waals surface area contributed by atoms with Crippen LogP contribution in [0.4, 0.5) is 0 Å². The summed E-state index contributed by atoms with van der Waals surface area (Å²) >= 11 is 0. The molecule has 0 aromatic heterocycles. The van der Waals surface area contributed by atoms with Crippen molar-refractivity contribution in [2.45, 2.75) is 27.2 Å². The molecule has 0 aromatic carbocycles. The lowest BCUT2D eigenvalue weighted by molar-refractivity contribution is 0.788. The fourth-order valence-electron chi connectivity index (χ4n) is 1.34. The van der Waals surface area contributed by atoms with E-state index in [-0.39, 0.29) is 0 Å². The summed E-state index contributed by atoms with van der Waals surface area (Å²) in [5, 5.41) is 9.02. The Bertz CT molecular complexity index is 401. The molecule has 1 aliphatic rings. The van der Waals surface area contributed by atoms with E-state index in [1.54, 1.807) is 0 Å². The summed E-state index contributed by atoms with van der Waals surface area (Å²) in [5.41, 5.74) is 3.50. The molecule has 0 unspecified atom stereocenters. The average molecular weight is 200 g/mol. The van der Waals surface area contributed by atoms with E-state index in [0.29, 0.717) is 11.5 Å². The lowest BCUT2D eigenvalue weighted by atomic mass is 9.96. The van der Waals surface area contributed by atoms with E-state index in [1.165, 1.54) is 0 Å². The lowest BCUT2D eigenvalue weighted by Crippen LogP contribution is -1.98. The molecule has 78 valence electrons. The number of nitriles is 1. The third kappa shape index (κ3) is 2.92. The summed E-state index contributed by atoms with van der Waals surface area (Å²) in [7, 11) is 0. The van der Waals surface area contributed by atoms with E-state index in [0.717, 1.165) is 23.4 Å². The van der Waals surface area contributed by atoms with Crippen LogP contribution in [0, 0.1) is 17.2 Å². The van der Waals surface area contributed by atoms with Crippen LogP contribution in [0.25, 0.3) is 0 Å². The van der Waals surface area contributed by atoms with Gasteiger partial charge in [-0.15, -0.1) is 0 Å². The Morgan fingerprint density at radius 3 is 2.73 bits per heavy atom. The molecule has 0 spiro atoms. The number of rotatable bonds is 3. The number of hydrogen-bond acceptors (Lipinski definition) is 2. The van der Waals surface area contributed by atoms with Crippen molar-refractivity contribution in [2.24, 2.45) is 10.9 Å². The van der Waals surface area contributed by atoms with Crippen LogP contribution in [-0.2, 0) is 0 Å². The minimum atomic E-state index is 0.298. The lowest BCUT2D eigenvalue weighted by Gasteiger charge is -2.07. The molecule has 1 rings (SSSR count). The number of nitrogens with zero attached hydrogens (tertiary/aromatic N) is 2. The maximum atomic E-state index is 9.02. The predicted octanol–water partition coefficient (Wildman–Crippen LogP) is 3.40. The normalized spacial score (nSPS) is 16.1. The number of aliphatic imine (C=N–C) groups is 1. The average Bonchev–Trinajstić information content (AvgIpc) is 2.59. The minimum Gasteiger partial charge on any atom is -0.258 e. The van der Waals surface area contributed by atoms with Crippen molar-refractivity contribution in [3.63, 3.8) is 0 Å². The zero-order valence-electron chi connectivity index (χ0n) is 9.54. The molecule has 2 heteroatoms. The largest absolute Gasteiger partial charge is 0.258 e. The first-order chi connectivity index (χ1) is 7.04. The third-order valence-electron chi connectivity index (χ3n) is 2.40. The van der Waals surface area contributed by atoms with Gasteiger partial charge in [0.25, 0.3) is 0 Å². The predicted molar refractivity (Wildman–Crippen MR) is 63.5 cm³/mol. The molecule has 0 amide bonds. The molecule has 0 N–H and O–H groups in total. The van der Waals surface area contributed by atoms with E-state index in [9.17, 15) is 0 Å². The smallest absolute Gasteiger partial charge is 0.0995 e. The zero-order valence-corrected chi connectivity index (χ0v) is 9.54. The van der Waals surface area contributed by atoms with E-state index < -0.39 is 0 Å². The fraction of sp³-hybridized carbons (Fsp3) is 0.385. The quantitative estimate of drug-likeness (QED) is 0.508. The molecule has 1 heterocycles. The van der Waals surface area contributed by atoms with Gasteiger partial charge in [0.05, 0.1) is 11.6 Å². The highest BCUT2D eigenvalue weighted by Gasteiger charge is 2.09. The second kappa shape index (κ2) is 4.75. The van der Waals surface area contributed by atoms with Gasteiger partial charge in [-0.3, -0.25) is 4.99 Å². The third-order valence-corrected chi connectivity index (χ3v) is 2.40. The minimum absolute atomic E-state index is 0.298. The summed E-state index contributed by atoms with van der Waals surface area (Å²) in [4.78, 5) is 4.33. The van der Waals surface area contributed by atoms with E-state index in [1.807, 2.05) is 26.8 Å². The molecule has 0 saturated heterocycles. The van der Waals surface area contributed by atoms with Gasteiger partial charge in [-0.25, -0.2) is 0 Å². The van der Waals surface area contributed by atoms with Crippen LogP contribution >= 0.6 is 0 Å².